The van der Waals surface area contributed by atoms with Crippen molar-refractivity contribution in [2.75, 3.05) is 0 Å². The van der Waals surface area contributed by atoms with Crippen molar-refractivity contribution in [2.24, 2.45) is 56.2 Å². The van der Waals surface area contributed by atoms with Crippen LogP contribution in [0.4, 0.5) is 0 Å². The van der Waals surface area contributed by atoms with Crippen molar-refractivity contribution in [3.05, 3.63) is 11.6 Å². The molecule has 2 unspecified atom stereocenters. The van der Waals surface area contributed by atoms with Gasteiger partial charge in [0.05, 0.1) is 0 Å². The molecule has 0 aromatic rings. The fourth-order valence-electron chi connectivity index (χ4n) is 11.1. The largest absolute Gasteiger partial charge is 0.303 e. The van der Waals surface area contributed by atoms with Crippen LogP contribution in [0.2, 0.25) is 0 Å². The topological polar surface area (TPSA) is 17.1 Å². The van der Waals surface area contributed by atoms with Gasteiger partial charge in [0.1, 0.15) is 6.29 Å². The maximum Gasteiger partial charge on any atom is 0.123 e. The second-order valence-electron chi connectivity index (χ2n) is 15.5. The van der Waals surface area contributed by atoms with Gasteiger partial charge in [-0.05, 0) is 108 Å². The zero-order chi connectivity index (χ0) is 23.4. The maximum absolute atomic E-state index is 12.3. The lowest BCUT2D eigenvalue weighted by Crippen LogP contribution is -2.63. The first-order valence-corrected chi connectivity index (χ1v) is 13.9. The summed E-state index contributed by atoms with van der Waals surface area (Å²) in [6, 6.07) is 0. The second kappa shape index (κ2) is 6.75. The number of hydrogen-bond acceptors (Lipinski definition) is 1. The van der Waals surface area contributed by atoms with Crippen LogP contribution in [0.3, 0.4) is 0 Å². The quantitative estimate of drug-likeness (QED) is 0.296. The predicted molar refractivity (Wildman–Crippen MR) is 134 cm³/mol. The van der Waals surface area contributed by atoms with E-state index in [0.717, 1.165) is 18.3 Å². The summed E-state index contributed by atoms with van der Waals surface area (Å²) < 4.78 is 0. The summed E-state index contributed by atoms with van der Waals surface area (Å²) in [4.78, 5) is 12.3. The third-order valence-electron chi connectivity index (χ3n) is 13.1. The first-order chi connectivity index (χ1) is 14.7. The van der Waals surface area contributed by atoms with Gasteiger partial charge in [-0.3, -0.25) is 0 Å². The van der Waals surface area contributed by atoms with Gasteiger partial charge >= 0.3 is 0 Å². The highest BCUT2D eigenvalue weighted by atomic mass is 16.1. The minimum atomic E-state index is 0.166. The molecule has 5 rings (SSSR count). The highest BCUT2D eigenvalue weighted by Gasteiger charge is 2.67. The van der Waals surface area contributed by atoms with E-state index in [1.165, 1.54) is 64.1 Å². The molecule has 0 radical (unpaired) electrons. The fourth-order valence-corrected chi connectivity index (χ4v) is 11.1. The molecule has 5 aliphatic carbocycles. The lowest BCUT2D eigenvalue weighted by molar-refractivity contribution is -0.183. The number of carbonyl (C=O) groups is 1. The number of carbonyl (C=O) groups excluding carboxylic acids is 1. The Morgan fingerprint density at radius 1 is 0.812 bits per heavy atom. The van der Waals surface area contributed by atoms with E-state index in [0.29, 0.717) is 27.6 Å². The Hall–Kier alpha value is -0.590. The summed E-state index contributed by atoms with van der Waals surface area (Å²) in [5, 5.41) is 0. The Labute approximate surface area is 198 Å². The SMILES string of the molecule is CC1(C)CC(C=O)[C@]2(C)CC[C@]3(C)C(=CC[C@@H]4[C@@]5(C)CCCC(C)(C)C5CC[C@]43C)[C@H]2C1. The van der Waals surface area contributed by atoms with Crippen molar-refractivity contribution < 1.29 is 4.79 Å². The van der Waals surface area contributed by atoms with E-state index in [1.54, 1.807) is 5.57 Å². The molecule has 8 atom stereocenters. The van der Waals surface area contributed by atoms with E-state index in [1.807, 2.05) is 0 Å². The van der Waals surface area contributed by atoms with E-state index < -0.39 is 0 Å². The zero-order valence-corrected chi connectivity index (χ0v) is 22.4. The van der Waals surface area contributed by atoms with Crippen molar-refractivity contribution in [1.29, 1.82) is 0 Å². The number of fused-ring (bicyclic) bond motifs is 7. The van der Waals surface area contributed by atoms with Crippen LogP contribution in [0.5, 0.6) is 0 Å². The molecule has 0 bridgehead atoms. The summed E-state index contributed by atoms with van der Waals surface area (Å²) >= 11 is 0. The minimum Gasteiger partial charge on any atom is -0.303 e. The Kier molecular flexibility index (Phi) is 4.89. The van der Waals surface area contributed by atoms with Crippen LogP contribution in [0, 0.1) is 56.2 Å². The van der Waals surface area contributed by atoms with E-state index in [9.17, 15) is 4.79 Å². The second-order valence-corrected chi connectivity index (χ2v) is 15.5. The van der Waals surface area contributed by atoms with E-state index in [4.69, 9.17) is 0 Å². The molecule has 180 valence electrons. The lowest BCUT2D eigenvalue weighted by atomic mass is 9.33. The molecule has 1 heteroatoms. The first kappa shape index (κ1) is 23.2. The number of allylic oxidation sites excluding steroid dienone is 2. The molecule has 0 spiro atoms. The number of hydrogen-bond donors (Lipinski definition) is 0. The molecule has 1 nitrogen and oxygen atoms in total. The van der Waals surface area contributed by atoms with Crippen molar-refractivity contribution in [3.63, 3.8) is 0 Å². The summed E-state index contributed by atoms with van der Waals surface area (Å²) in [6.07, 6.45) is 17.3. The molecular weight excluding hydrogens is 388 g/mol. The van der Waals surface area contributed by atoms with Gasteiger partial charge in [0.2, 0.25) is 0 Å². The van der Waals surface area contributed by atoms with Gasteiger partial charge in [-0.25, -0.2) is 0 Å². The van der Waals surface area contributed by atoms with Gasteiger partial charge in [-0.2, -0.15) is 0 Å². The minimum absolute atomic E-state index is 0.166. The first-order valence-electron chi connectivity index (χ1n) is 13.9. The highest BCUT2D eigenvalue weighted by Crippen LogP contribution is 2.76. The van der Waals surface area contributed by atoms with Crippen LogP contribution >= 0.6 is 0 Å². The summed E-state index contributed by atoms with van der Waals surface area (Å²) in [7, 11) is 0. The molecule has 32 heavy (non-hydrogen) atoms. The van der Waals surface area contributed by atoms with E-state index >= 15 is 0 Å². The molecule has 5 aliphatic rings. The molecular formula is C31H50O. The molecule has 0 aromatic heterocycles. The van der Waals surface area contributed by atoms with Crippen LogP contribution in [0.1, 0.15) is 120 Å². The van der Waals surface area contributed by atoms with Gasteiger partial charge in [0.25, 0.3) is 0 Å². The summed E-state index contributed by atoms with van der Waals surface area (Å²) in [6.45, 7) is 20.5. The molecule has 0 amide bonds. The van der Waals surface area contributed by atoms with E-state index in [-0.39, 0.29) is 16.7 Å². The molecule has 0 N–H and O–H groups in total. The molecule has 0 saturated heterocycles. The van der Waals surface area contributed by atoms with Crippen LogP contribution in [0.15, 0.2) is 11.6 Å². The smallest absolute Gasteiger partial charge is 0.123 e. The predicted octanol–water partition coefficient (Wildman–Crippen LogP) is 8.62. The summed E-state index contributed by atoms with van der Waals surface area (Å²) in [5.74, 6) is 2.50. The number of rotatable bonds is 1. The van der Waals surface area contributed by atoms with Gasteiger partial charge in [0, 0.05) is 5.92 Å². The Morgan fingerprint density at radius 2 is 1.53 bits per heavy atom. The van der Waals surface area contributed by atoms with Gasteiger partial charge in [-0.1, -0.05) is 73.5 Å². The maximum atomic E-state index is 12.3. The molecule has 0 aromatic carbocycles. The van der Waals surface area contributed by atoms with Crippen molar-refractivity contribution in [2.45, 2.75) is 120 Å². The Balaban J connectivity index is 1.59. The zero-order valence-electron chi connectivity index (χ0n) is 22.4. The Bertz CT molecular complexity index is 833. The van der Waals surface area contributed by atoms with Gasteiger partial charge in [0.15, 0.2) is 0 Å². The van der Waals surface area contributed by atoms with Crippen LogP contribution in [0.25, 0.3) is 0 Å². The number of aldehydes is 1. The van der Waals surface area contributed by atoms with Crippen molar-refractivity contribution in [3.8, 4) is 0 Å². The summed E-state index contributed by atoms with van der Waals surface area (Å²) in [5.41, 5.74) is 3.89. The van der Waals surface area contributed by atoms with E-state index in [2.05, 4.69) is 61.5 Å². The average Bonchev–Trinajstić information content (AvgIpc) is 2.68. The average molecular weight is 439 g/mol. The Morgan fingerprint density at radius 3 is 2.22 bits per heavy atom. The van der Waals surface area contributed by atoms with Crippen molar-refractivity contribution >= 4 is 6.29 Å². The van der Waals surface area contributed by atoms with Crippen molar-refractivity contribution in [1.82, 2.24) is 0 Å². The molecule has 0 heterocycles. The third-order valence-corrected chi connectivity index (χ3v) is 13.1. The standard InChI is InChI=1S/C31H50O/c1-26(2)18-21(20-32)28(5)16-17-30(7)22(23(28)19-26)10-11-25-29(6)14-9-13-27(3,4)24(29)12-15-31(25,30)8/h10,20-21,23-25H,9,11-19H2,1-8H3/t21?,23-,24?,25-,28+,29+,30-,31-/m1/s1. The normalized spacial score (nSPS) is 53.7. The van der Waals surface area contributed by atoms with Crippen LogP contribution in [-0.4, -0.2) is 6.29 Å². The van der Waals surface area contributed by atoms with Crippen LogP contribution in [-0.2, 0) is 4.79 Å². The lowest BCUT2D eigenvalue weighted by Gasteiger charge is -2.71. The van der Waals surface area contributed by atoms with Crippen LogP contribution < -0.4 is 0 Å². The monoisotopic (exact) mass is 438 g/mol. The molecule has 4 saturated carbocycles. The molecule has 4 fully saturated rings. The molecule has 0 aliphatic heterocycles. The van der Waals surface area contributed by atoms with Gasteiger partial charge < -0.3 is 4.79 Å². The third kappa shape index (κ3) is 2.78. The highest BCUT2D eigenvalue weighted by molar-refractivity contribution is 5.57. The fraction of sp³-hybridized carbons (Fsp3) is 0.903. The van der Waals surface area contributed by atoms with Gasteiger partial charge in [-0.15, -0.1) is 0 Å².